The molecular weight excluding hydrogens is 342 g/mol. The van der Waals surface area contributed by atoms with Gasteiger partial charge in [-0.15, -0.1) is 0 Å². The summed E-state index contributed by atoms with van der Waals surface area (Å²) >= 11 is 0. The highest BCUT2D eigenvalue weighted by Crippen LogP contribution is 2.26. The number of hydrogen-bond acceptors (Lipinski definition) is 4. The van der Waals surface area contributed by atoms with Gasteiger partial charge in [0.25, 0.3) is 0 Å². The smallest absolute Gasteiger partial charge is 0.313 e. The number of benzene rings is 2. The molecule has 1 aliphatic rings. The van der Waals surface area contributed by atoms with Gasteiger partial charge in [-0.25, -0.2) is 0 Å². The number of ether oxygens (including phenoxy) is 1. The van der Waals surface area contributed by atoms with Crippen LogP contribution in [0.15, 0.2) is 54.6 Å². The average Bonchev–Trinajstić information content (AvgIpc) is 2.73. The van der Waals surface area contributed by atoms with Gasteiger partial charge in [0.05, 0.1) is 24.6 Å². The van der Waals surface area contributed by atoms with E-state index in [0.29, 0.717) is 25.4 Å². The molecule has 0 spiro atoms. The Morgan fingerprint density at radius 1 is 0.926 bits per heavy atom. The molecule has 3 rings (SSSR count). The van der Waals surface area contributed by atoms with E-state index in [4.69, 9.17) is 4.74 Å². The Balaban J connectivity index is 1.49. The number of amides is 2. The third kappa shape index (κ3) is 5.56. The standard InChI is InChI=1S/C21H25N3O3/c25-20(22-12-6-9-17-7-2-1-3-8-17)21(26)23-18-10-4-5-11-19(18)24-13-15-27-16-14-24/h1-5,7-8,10-11H,6,9,12-16H2,(H,22,25)(H,23,26). The number of carbonyl (C=O) groups excluding carboxylic acids is 2. The number of carbonyl (C=O) groups is 2. The van der Waals surface area contributed by atoms with E-state index in [9.17, 15) is 9.59 Å². The molecule has 0 aromatic heterocycles. The third-order valence-electron chi connectivity index (χ3n) is 4.48. The summed E-state index contributed by atoms with van der Waals surface area (Å²) in [6, 6.07) is 17.6. The molecule has 2 aromatic rings. The van der Waals surface area contributed by atoms with Crippen LogP contribution in [0, 0.1) is 0 Å². The lowest BCUT2D eigenvalue weighted by Crippen LogP contribution is -2.38. The number of anilines is 2. The summed E-state index contributed by atoms with van der Waals surface area (Å²) in [7, 11) is 0. The van der Waals surface area contributed by atoms with Crippen LogP contribution in [0.2, 0.25) is 0 Å². The second-order valence-electron chi connectivity index (χ2n) is 6.42. The van der Waals surface area contributed by atoms with Crippen molar-refractivity contribution in [3.63, 3.8) is 0 Å². The highest BCUT2D eigenvalue weighted by atomic mass is 16.5. The Hall–Kier alpha value is -2.86. The minimum atomic E-state index is -0.643. The predicted octanol–water partition coefficient (Wildman–Crippen LogP) is 2.21. The fourth-order valence-corrected chi connectivity index (χ4v) is 3.06. The molecule has 27 heavy (non-hydrogen) atoms. The summed E-state index contributed by atoms with van der Waals surface area (Å²) in [4.78, 5) is 26.5. The van der Waals surface area contributed by atoms with E-state index >= 15 is 0 Å². The number of aryl methyl sites for hydroxylation is 1. The quantitative estimate of drug-likeness (QED) is 0.607. The van der Waals surface area contributed by atoms with E-state index < -0.39 is 11.8 Å². The monoisotopic (exact) mass is 367 g/mol. The van der Waals surface area contributed by atoms with Crippen molar-refractivity contribution >= 4 is 23.2 Å². The number of para-hydroxylation sites is 2. The summed E-state index contributed by atoms with van der Waals surface area (Å²) in [5.41, 5.74) is 2.77. The van der Waals surface area contributed by atoms with Crippen molar-refractivity contribution in [2.75, 3.05) is 43.1 Å². The minimum Gasteiger partial charge on any atom is -0.378 e. The van der Waals surface area contributed by atoms with Gasteiger partial charge in [-0.05, 0) is 30.5 Å². The lowest BCUT2D eigenvalue weighted by atomic mass is 10.1. The van der Waals surface area contributed by atoms with Crippen LogP contribution in [0.1, 0.15) is 12.0 Å². The Morgan fingerprint density at radius 2 is 1.63 bits per heavy atom. The molecule has 1 fully saturated rings. The summed E-state index contributed by atoms with van der Waals surface area (Å²) in [6.07, 6.45) is 1.65. The van der Waals surface area contributed by atoms with Gasteiger partial charge >= 0.3 is 11.8 Å². The molecular formula is C21H25N3O3. The molecule has 2 aromatic carbocycles. The molecule has 6 heteroatoms. The first-order valence-electron chi connectivity index (χ1n) is 9.29. The summed E-state index contributed by atoms with van der Waals surface area (Å²) in [5, 5.41) is 5.42. The number of nitrogens with one attached hydrogen (secondary N) is 2. The minimum absolute atomic E-state index is 0.465. The summed E-state index contributed by atoms with van der Waals surface area (Å²) in [5.74, 6) is -1.25. The maximum atomic E-state index is 12.2. The SMILES string of the molecule is O=C(NCCCc1ccccc1)C(=O)Nc1ccccc1N1CCOCC1. The second-order valence-corrected chi connectivity index (χ2v) is 6.42. The largest absolute Gasteiger partial charge is 0.378 e. The molecule has 2 N–H and O–H groups in total. The molecule has 0 aliphatic carbocycles. The second kappa shape index (κ2) is 9.73. The Kier molecular flexibility index (Phi) is 6.82. The number of morpholine rings is 1. The van der Waals surface area contributed by atoms with E-state index in [1.165, 1.54) is 5.56 Å². The Bertz CT molecular complexity index is 758. The molecule has 0 saturated carbocycles. The highest BCUT2D eigenvalue weighted by Gasteiger charge is 2.18. The molecule has 6 nitrogen and oxygen atoms in total. The van der Waals surface area contributed by atoms with Crippen LogP contribution in [-0.2, 0) is 20.7 Å². The van der Waals surface area contributed by atoms with E-state index in [1.807, 2.05) is 42.5 Å². The number of rotatable bonds is 6. The summed E-state index contributed by atoms with van der Waals surface area (Å²) < 4.78 is 5.37. The average molecular weight is 367 g/mol. The third-order valence-corrected chi connectivity index (χ3v) is 4.48. The topological polar surface area (TPSA) is 70.7 Å². The van der Waals surface area contributed by atoms with Gasteiger partial charge in [-0.3, -0.25) is 9.59 Å². The maximum Gasteiger partial charge on any atom is 0.313 e. The van der Waals surface area contributed by atoms with Crippen LogP contribution >= 0.6 is 0 Å². The van der Waals surface area contributed by atoms with E-state index in [2.05, 4.69) is 27.7 Å². The molecule has 0 unspecified atom stereocenters. The van der Waals surface area contributed by atoms with Crippen LogP contribution in [0.3, 0.4) is 0 Å². The van der Waals surface area contributed by atoms with Crippen molar-refractivity contribution in [3.8, 4) is 0 Å². The van der Waals surface area contributed by atoms with Crippen molar-refractivity contribution in [1.82, 2.24) is 5.32 Å². The first-order valence-corrected chi connectivity index (χ1v) is 9.29. The molecule has 142 valence electrons. The van der Waals surface area contributed by atoms with Gasteiger partial charge in [0.1, 0.15) is 0 Å². The first kappa shape index (κ1) is 18.9. The molecule has 1 aliphatic heterocycles. The number of nitrogens with zero attached hydrogens (tertiary/aromatic N) is 1. The van der Waals surface area contributed by atoms with Crippen LogP contribution in [0.5, 0.6) is 0 Å². The van der Waals surface area contributed by atoms with Crippen molar-refractivity contribution in [2.45, 2.75) is 12.8 Å². The molecule has 1 saturated heterocycles. The normalized spacial score (nSPS) is 13.9. The van der Waals surface area contributed by atoms with E-state index in [-0.39, 0.29) is 0 Å². The first-order chi connectivity index (χ1) is 13.2. The van der Waals surface area contributed by atoms with Crippen LogP contribution in [0.4, 0.5) is 11.4 Å². The highest BCUT2D eigenvalue weighted by molar-refractivity contribution is 6.39. The van der Waals surface area contributed by atoms with Crippen molar-refractivity contribution in [2.24, 2.45) is 0 Å². The van der Waals surface area contributed by atoms with E-state index in [1.54, 1.807) is 0 Å². The predicted molar refractivity (Wildman–Crippen MR) is 106 cm³/mol. The molecule has 0 bridgehead atoms. The van der Waals surface area contributed by atoms with Gasteiger partial charge in [-0.1, -0.05) is 42.5 Å². The van der Waals surface area contributed by atoms with Gasteiger partial charge < -0.3 is 20.3 Å². The van der Waals surface area contributed by atoms with Gasteiger partial charge in [0.2, 0.25) is 0 Å². The molecule has 1 heterocycles. The van der Waals surface area contributed by atoms with Crippen LogP contribution < -0.4 is 15.5 Å². The Morgan fingerprint density at radius 3 is 2.41 bits per heavy atom. The van der Waals surface area contributed by atoms with Crippen molar-refractivity contribution in [3.05, 3.63) is 60.2 Å². The fraction of sp³-hybridized carbons (Fsp3) is 0.333. The van der Waals surface area contributed by atoms with Gasteiger partial charge in [0.15, 0.2) is 0 Å². The lowest BCUT2D eigenvalue weighted by molar-refractivity contribution is -0.136. The van der Waals surface area contributed by atoms with E-state index in [0.717, 1.165) is 31.6 Å². The van der Waals surface area contributed by atoms with Crippen LogP contribution in [0.25, 0.3) is 0 Å². The summed E-state index contributed by atoms with van der Waals surface area (Å²) in [6.45, 7) is 3.30. The van der Waals surface area contributed by atoms with Crippen molar-refractivity contribution < 1.29 is 14.3 Å². The zero-order valence-electron chi connectivity index (χ0n) is 15.3. The van der Waals surface area contributed by atoms with Crippen molar-refractivity contribution in [1.29, 1.82) is 0 Å². The molecule has 2 amide bonds. The lowest BCUT2D eigenvalue weighted by Gasteiger charge is -2.30. The zero-order valence-corrected chi connectivity index (χ0v) is 15.3. The molecule has 0 radical (unpaired) electrons. The zero-order chi connectivity index (χ0) is 18.9. The molecule has 0 atom stereocenters. The number of hydrogen-bond donors (Lipinski definition) is 2. The van der Waals surface area contributed by atoms with Crippen LogP contribution in [-0.4, -0.2) is 44.7 Å². The van der Waals surface area contributed by atoms with Gasteiger partial charge in [0, 0.05) is 19.6 Å². The Labute approximate surface area is 159 Å². The van der Waals surface area contributed by atoms with Gasteiger partial charge in [-0.2, -0.15) is 0 Å². The maximum absolute atomic E-state index is 12.2. The fourth-order valence-electron chi connectivity index (χ4n) is 3.06.